The first-order valence-electron chi connectivity index (χ1n) is 12.3. The molecular weight excluding hydrogens is 519 g/mol. The number of nitrogens with zero attached hydrogens (tertiary/aromatic N) is 2. The van der Waals surface area contributed by atoms with E-state index in [1.807, 2.05) is 25.1 Å². The number of hydrogen-bond donors (Lipinski definition) is 2. The molecule has 0 radical (unpaired) electrons. The highest BCUT2D eigenvalue weighted by Gasteiger charge is 2.30. The molecule has 0 amide bonds. The van der Waals surface area contributed by atoms with Gasteiger partial charge in [-0.15, -0.1) is 0 Å². The molecule has 0 unspecified atom stereocenters. The lowest BCUT2D eigenvalue weighted by Crippen LogP contribution is -2.37. The van der Waals surface area contributed by atoms with Gasteiger partial charge in [0.15, 0.2) is 9.84 Å². The van der Waals surface area contributed by atoms with Gasteiger partial charge in [-0.05, 0) is 60.4 Å². The van der Waals surface area contributed by atoms with Gasteiger partial charge in [0, 0.05) is 30.1 Å². The van der Waals surface area contributed by atoms with E-state index < -0.39 is 22.6 Å². The largest absolute Gasteiger partial charge is 0.491 e. The Morgan fingerprint density at radius 2 is 1.92 bits per heavy atom. The normalized spacial score (nSPS) is 12.6. The van der Waals surface area contributed by atoms with Gasteiger partial charge in [0.25, 0.3) is 0 Å². The van der Waals surface area contributed by atoms with Crippen molar-refractivity contribution in [3.63, 3.8) is 0 Å². The molecule has 0 aliphatic rings. The summed E-state index contributed by atoms with van der Waals surface area (Å²) in [6.45, 7) is 2.30. The van der Waals surface area contributed by atoms with Gasteiger partial charge in [-0.1, -0.05) is 19.1 Å². The Morgan fingerprint density at radius 1 is 1.13 bits per heavy atom. The highest BCUT2D eigenvalue weighted by Crippen LogP contribution is 2.39. The molecule has 11 heteroatoms. The molecule has 38 heavy (non-hydrogen) atoms. The summed E-state index contributed by atoms with van der Waals surface area (Å²) in [6, 6.07) is 12.4. The number of pyridine rings is 1. The first-order valence-corrected chi connectivity index (χ1v) is 13.9. The van der Waals surface area contributed by atoms with E-state index in [-0.39, 0.29) is 37.0 Å². The Bertz CT molecular complexity index is 1530. The zero-order valence-electron chi connectivity index (χ0n) is 21.2. The molecule has 0 spiro atoms. The summed E-state index contributed by atoms with van der Waals surface area (Å²) in [7, 11) is -3.40. The maximum atomic E-state index is 12.8. The van der Waals surface area contributed by atoms with Crippen molar-refractivity contribution in [1.29, 1.82) is 0 Å². The lowest BCUT2D eigenvalue weighted by atomic mass is 9.99. The van der Waals surface area contributed by atoms with E-state index in [1.165, 1.54) is 0 Å². The fourth-order valence-electron chi connectivity index (χ4n) is 4.48. The first kappa shape index (κ1) is 27.9. The van der Waals surface area contributed by atoms with Crippen LogP contribution in [0.2, 0.25) is 0 Å². The number of sulfone groups is 1. The van der Waals surface area contributed by atoms with E-state index >= 15 is 0 Å². The van der Waals surface area contributed by atoms with Crippen LogP contribution in [-0.2, 0) is 9.84 Å². The monoisotopic (exact) mass is 549 g/mol. The van der Waals surface area contributed by atoms with Gasteiger partial charge in [-0.2, -0.15) is 13.2 Å². The van der Waals surface area contributed by atoms with Crippen LogP contribution in [0, 0.1) is 6.92 Å². The van der Waals surface area contributed by atoms with Gasteiger partial charge >= 0.3 is 6.18 Å². The van der Waals surface area contributed by atoms with Gasteiger partial charge in [0.2, 0.25) is 0 Å². The number of hydrogen-bond acceptors (Lipinski definition) is 6. The van der Waals surface area contributed by atoms with Crippen LogP contribution in [0.4, 0.5) is 13.2 Å². The third-order valence-electron chi connectivity index (χ3n) is 6.28. The van der Waals surface area contributed by atoms with Crippen molar-refractivity contribution in [2.45, 2.75) is 31.3 Å². The summed E-state index contributed by atoms with van der Waals surface area (Å²) in [4.78, 5) is 9.18. The molecule has 0 saturated carbocycles. The molecule has 7 nitrogen and oxygen atoms in total. The first-order chi connectivity index (χ1) is 18.0. The molecule has 4 aromatic rings. The van der Waals surface area contributed by atoms with E-state index in [2.05, 4.69) is 9.97 Å². The van der Waals surface area contributed by atoms with Crippen LogP contribution in [0.3, 0.4) is 0 Å². The smallest absolute Gasteiger partial charge is 0.401 e. The molecular formula is C27H30F3N3O4S. The SMILES string of the molecule is CCS(=O)(=O)c1cccc(-c2ccc(OCCCN(CCO)CC(F)(F)F)c3[nH]c4ncc(C)cc4c23)c1. The zero-order chi connectivity index (χ0) is 27.5. The molecule has 0 aliphatic carbocycles. The van der Waals surface area contributed by atoms with E-state index in [0.29, 0.717) is 23.3 Å². The quantitative estimate of drug-likeness (QED) is 0.253. The number of benzene rings is 2. The summed E-state index contributed by atoms with van der Waals surface area (Å²) >= 11 is 0. The van der Waals surface area contributed by atoms with Crippen LogP contribution in [0.5, 0.6) is 5.75 Å². The predicted molar refractivity (Wildman–Crippen MR) is 141 cm³/mol. The topological polar surface area (TPSA) is 95.5 Å². The summed E-state index contributed by atoms with van der Waals surface area (Å²) in [5.41, 5.74) is 3.79. The Balaban J connectivity index is 1.68. The number of ether oxygens (including phenoxy) is 1. The second-order valence-electron chi connectivity index (χ2n) is 9.14. The van der Waals surface area contributed by atoms with Gasteiger partial charge in [-0.3, -0.25) is 4.90 Å². The van der Waals surface area contributed by atoms with Gasteiger partial charge < -0.3 is 14.8 Å². The number of aromatic nitrogens is 2. The second-order valence-corrected chi connectivity index (χ2v) is 11.4. The third-order valence-corrected chi connectivity index (χ3v) is 8.02. The lowest BCUT2D eigenvalue weighted by Gasteiger charge is -2.22. The number of aliphatic hydroxyl groups is 1. The van der Waals surface area contributed by atoms with Crippen LogP contribution >= 0.6 is 0 Å². The minimum absolute atomic E-state index is 0.00640. The fourth-order valence-corrected chi connectivity index (χ4v) is 5.41. The summed E-state index contributed by atoms with van der Waals surface area (Å²) < 4.78 is 69.4. The number of fused-ring (bicyclic) bond motifs is 3. The van der Waals surface area contributed by atoms with Crippen LogP contribution in [-0.4, -0.2) is 73.2 Å². The summed E-state index contributed by atoms with van der Waals surface area (Å²) in [5, 5.41) is 10.8. The van der Waals surface area contributed by atoms with Gasteiger partial charge in [0.1, 0.15) is 11.4 Å². The Labute approximate surface area is 219 Å². The number of aliphatic hydroxyl groups excluding tert-OH is 1. The van der Waals surface area contributed by atoms with E-state index in [0.717, 1.165) is 32.4 Å². The van der Waals surface area contributed by atoms with E-state index in [4.69, 9.17) is 9.84 Å². The molecule has 0 atom stereocenters. The number of H-pyrrole nitrogens is 1. The predicted octanol–water partition coefficient (Wildman–Crippen LogP) is 5.11. The molecule has 2 aromatic carbocycles. The van der Waals surface area contributed by atoms with E-state index in [9.17, 15) is 21.6 Å². The van der Waals surface area contributed by atoms with Crippen molar-refractivity contribution in [2.75, 3.05) is 38.6 Å². The lowest BCUT2D eigenvalue weighted by molar-refractivity contribution is -0.147. The van der Waals surface area contributed by atoms with Gasteiger partial charge in [-0.25, -0.2) is 13.4 Å². The van der Waals surface area contributed by atoms with Crippen molar-refractivity contribution < 1.29 is 31.4 Å². The molecule has 2 heterocycles. The van der Waals surface area contributed by atoms with Crippen molar-refractivity contribution in [3.8, 4) is 16.9 Å². The van der Waals surface area contributed by atoms with Gasteiger partial charge in [0.05, 0.1) is 35.9 Å². The summed E-state index contributed by atoms with van der Waals surface area (Å²) in [6.07, 6.45) is -2.28. The van der Waals surface area contributed by atoms with Crippen molar-refractivity contribution >= 4 is 31.8 Å². The summed E-state index contributed by atoms with van der Waals surface area (Å²) in [5.74, 6) is 0.509. The molecule has 0 aliphatic heterocycles. The van der Waals surface area contributed by atoms with Crippen molar-refractivity contribution in [3.05, 3.63) is 54.2 Å². The molecule has 0 bridgehead atoms. The maximum Gasteiger partial charge on any atom is 0.401 e. The average molecular weight is 550 g/mol. The third kappa shape index (κ3) is 6.28. The van der Waals surface area contributed by atoms with Crippen LogP contribution in [0.15, 0.2) is 53.6 Å². The van der Waals surface area contributed by atoms with Crippen LogP contribution in [0.1, 0.15) is 18.9 Å². The van der Waals surface area contributed by atoms with Crippen molar-refractivity contribution in [1.82, 2.24) is 14.9 Å². The Kier molecular flexibility index (Phi) is 8.29. The fraction of sp³-hybridized carbons (Fsp3) is 0.370. The highest BCUT2D eigenvalue weighted by atomic mass is 32.2. The number of nitrogens with one attached hydrogen (secondary N) is 1. The zero-order valence-corrected chi connectivity index (χ0v) is 22.0. The minimum Gasteiger partial charge on any atom is -0.491 e. The molecule has 2 N–H and O–H groups in total. The number of alkyl halides is 3. The Morgan fingerprint density at radius 3 is 2.63 bits per heavy atom. The maximum absolute atomic E-state index is 12.8. The number of aryl methyl sites for hydroxylation is 1. The molecule has 0 fully saturated rings. The average Bonchev–Trinajstić information content (AvgIpc) is 3.25. The molecule has 2 aromatic heterocycles. The second kappa shape index (κ2) is 11.3. The minimum atomic E-state index is -4.35. The molecule has 4 rings (SSSR count). The Hall–Kier alpha value is -3.15. The van der Waals surface area contributed by atoms with Crippen LogP contribution in [0.25, 0.3) is 33.1 Å². The highest BCUT2D eigenvalue weighted by molar-refractivity contribution is 7.91. The van der Waals surface area contributed by atoms with Crippen molar-refractivity contribution in [2.24, 2.45) is 0 Å². The van der Waals surface area contributed by atoms with Crippen LogP contribution < -0.4 is 4.74 Å². The van der Waals surface area contributed by atoms with E-state index in [1.54, 1.807) is 37.4 Å². The number of rotatable bonds is 11. The number of aromatic amines is 1. The molecule has 0 saturated heterocycles. The molecule has 204 valence electrons. The standard InChI is InChI=1S/C27H30F3N3O4S/c1-3-38(35,36)20-7-4-6-19(15-20)21-8-9-23(25-24(21)22-14-18(2)16-31-26(22)32-25)37-13-5-10-33(11-12-34)17-27(28,29)30/h4,6-9,14-16,34H,3,5,10-13,17H2,1-2H3,(H,31,32). The number of halogens is 3.